The predicted molar refractivity (Wildman–Crippen MR) is 110 cm³/mol. The molecular weight excluding hydrogens is 334 g/mol. The van der Waals surface area contributed by atoms with Crippen LogP contribution in [0.3, 0.4) is 0 Å². The highest BCUT2D eigenvalue weighted by Gasteiger charge is 2.33. The Morgan fingerprint density at radius 1 is 0.741 bits per heavy atom. The van der Waals surface area contributed by atoms with Gasteiger partial charge in [0.25, 0.3) is 0 Å². The van der Waals surface area contributed by atoms with Crippen LogP contribution in [-0.4, -0.2) is 10.2 Å². The van der Waals surface area contributed by atoms with Gasteiger partial charge in [0.15, 0.2) is 0 Å². The first-order valence-corrected chi connectivity index (χ1v) is 9.52. The number of phenolic OH excluding ortho intramolecular Hbond substituents is 2. The molecule has 0 aromatic heterocycles. The molecule has 0 bridgehead atoms. The first-order valence-electron chi connectivity index (χ1n) is 9.52. The first kappa shape index (κ1) is 19.0. The molecule has 0 atom stereocenters. The minimum Gasteiger partial charge on any atom is -0.508 e. The van der Waals surface area contributed by atoms with E-state index >= 15 is 0 Å². The zero-order valence-corrected chi connectivity index (χ0v) is 15.7. The lowest BCUT2D eigenvalue weighted by molar-refractivity contribution is 0.357. The smallest absolute Gasteiger partial charge is 0.115 e. The van der Waals surface area contributed by atoms with Crippen molar-refractivity contribution in [1.29, 1.82) is 0 Å². The zero-order valence-electron chi connectivity index (χ0n) is 15.7. The van der Waals surface area contributed by atoms with Crippen LogP contribution in [-0.2, 0) is 12.1 Å². The number of aromatic hydroxyl groups is 2. The van der Waals surface area contributed by atoms with Gasteiger partial charge in [-0.3, -0.25) is 5.32 Å². The third kappa shape index (κ3) is 4.50. The Bertz CT molecular complexity index is 781. The summed E-state index contributed by atoms with van der Waals surface area (Å²) in [5.74, 6) is 0.522. The summed E-state index contributed by atoms with van der Waals surface area (Å²) in [4.78, 5) is 0. The minimum atomic E-state index is -0.396. The molecule has 0 unspecified atom stereocenters. The highest BCUT2D eigenvalue weighted by atomic mass is 16.3. The number of benzene rings is 3. The molecule has 3 aromatic rings. The monoisotopic (exact) mass is 361 g/mol. The largest absolute Gasteiger partial charge is 0.508 e. The molecule has 27 heavy (non-hydrogen) atoms. The molecule has 3 N–H and O–H groups in total. The number of rotatable bonds is 8. The molecule has 3 rings (SSSR count). The van der Waals surface area contributed by atoms with Crippen LogP contribution in [0.4, 0.5) is 0 Å². The molecule has 0 radical (unpaired) electrons. The lowest BCUT2D eigenvalue weighted by Crippen LogP contribution is -2.43. The van der Waals surface area contributed by atoms with Gasteiger partial charge in [-0.2, -0.15) is 0 Å². The highest BCUT2D eigenvalue weighted by molar-refractivity contribution is 5.42. The summed E-state index contributed by atoms with van der Waals surface area (Å²) >= 11 is 0. The summed E-state index contributed by atoms with van der Waals surface area (Å²) in [6.45, 7) is 2.92. The molecule has 0 saturated heterocycles. The summed E-state index contributed by atoms with van der Waals surface area (Å²) in [5, 5.41) is 23.3. The van der Waals surface area contributed by atoms with Gasteiger partial charge < -0.3 is 10.2 Å². The van der Waals surface area contributed by atoms with Gasteiger partial charge in [0.2, 0.25) is 0 Å². The normalized spacial score (nSPS) is 11.4. The van der Waals surface area contributed by atoms with E-state index in [-0.39, 0.29) is 11.5 Å². The van der Waals surface area contributed by atoms with Crippen LogP contribution in [0.1, 0.15) is 42.9 Å². The number of phenols is 2. The Morgan fingerprint density at radius 3 is 1.74 bits per heavy atom. The van der Waals surface area contributed by atoms with Crippen molar-refractivity contribution in [3.05, 3.63) is 95.6 Å². The lowest BCUT2D eigenvalue weighted by atomic mass is 9.78. The van der Waals surface area contributed by atoms with E-state index in [0.717, 1.165) is 36.9 Å². The van der Waals surface area contributed by atoms with E-state index in [1.54, 1.807) is 24.3 Å². The van der Waals surface area contributed by atoms with E-state index in [4.69, 9.17) is 0 Å². The molecule has 3 heteroatoms. The second-order valence-corrected chi connectivity index (χ2v) is 6.94. The average molecular weight is 361 g/mol. The fraction of sp³-hybridized carbons (Fsp3) is 0.250. The Balaban J connectivity index is 2.05. The van der Waals surface area contributed by atoms with E-state index in [1.807, 2.05) is 42.5 Å². The maximum absolute atomic E-state index is 9.76. The van der Waals surface area contributed by atoms with Crippen molar-refractivity contribution in [3.8, 4) is 11.5 Å². The molecule has 0 aliphatic carbocycles. The molecule has 0 heterocycles. The van der Waals surface area contributed by atoms with E-state index in [1.165, 1.54) is 5.56 Å². The Hall–Kier alpha value is -2.78. The van der Waals surface area contributed by atoms with E-state index in [2.05, 4.69) is 24.4 Å². The maximum atomic E-state index is 9.76. The van der Waals surface area contributed by atoms with Crippen molar-refractivity contribution in [2.45, 2.75) is 38.3 Å². The molecule has 0 spiro atoms. The topological polar surface area (TPSA) is 52.5 Å². The Kier molecular flexibility index (Phi) is 6.15. The molecule has 3 aromatic carbocycles. The third-order valence-corrected chi connectivity index (χ3v) is 5.06. The Labute approximate surface area is 161 Å². The van der Waals surface area contributed by atoms with Gasteiger partial charge in [-0.05, 0) is 47.4 Å². The van der Waals surface area contributed by atoms with Gasteiger partial charge in [-0.25, -0.2) is 0 Å². The van der Waals surface area contributed by atoms with Crippen LogP contribution in [0.5, 0.6) is 11.5 Å². The fourth-order valence-electron chi connectivity index (χ4n) is 3.53. The second-order valence-electron chi connectivity index (χ2n) is 6.94. The van der Waals surface area contributed by atoms with Gasteiger partial charge in [0, 0.05) is 6.54 Å². The van der Waals surface area contributed by atoms with Gasteiger partial charge >= 0.3 is 0 Å². The number of hydrogen-bond acceptors (Lipinski definition) is 3. The standard InChI is InChI=1S/C24H27NO2/c1-2-3-17-24(20-9-13-22(26)14-10-20,21-11-15-23(27)16-12-21)25-18-19-7-5-4-6-8-19/h4-16,25-27H,2-3,17-18H2,1H3. The van der Waals surface area contributed by atoms with E-state index in [0.29, 0.717) is 0 Å². The zero-order chi connectivity index (χ0) is 19.1. The molecule has 0 aliphatic rings. The van der Waals surface area contributed by atoms with Crippen LogP contribution in [0, 0.1) is 0 Å². The molecule has 0 saturated carbocycles. The van der Waals surface area contributed by atoms with Gasteiger partial charge in [-0.15, -0.1) is 0 Å². The summed E-state index contributed by atoms with van der Waals surface area (Å²) in [5.41, 5.74) is 3.04. The summed E-state index contributed by atoms with van der Waals surface area (Å²) < 4.78 is 0. The molecular formula is C24H27NO2. The van der Waals surface area contributed by atoms with Crippen molar-refractivity contribution < 1.29 is 10.2 Å². The predicted octanol–water partition coefficient (Wildman–Crippen LogP) is 5.32. The molecule has 0 amide bonds. The molecule has 140 valence electrons. The van der Waals surface area contributed by atoms with E-state index in [9.17, 15) is 10.2 Å². The molecule has 3 nitrogen and oxygen atoms in total. The summed E-state index contributed by atoms with van der Waals surface area (Å²) in [6, 6.07) is 25.2. The average Bonchev–Trinajstić information content (AvgIpc) is 2.71. The second kappa shape index (κ2) is 8.74. The van der Waals surface area contributed by atoms with Gasteiger partial charge in [-0.1, -0.05) is 74.4 Å². The number of nitrogens with one attached hydrogen (secondary N) is 1. The van der Waals surface area contributed by atoms with Crippen molar-refractivity contribution in [2.24, 2.45) is 0 Å². The van der Waals surface area contributed by atoms with Gasteiger partial charge in [0.1, 0.15) is 11.5 Å². The van der Waals surface area contributed by atoms with Crippen LogP contribution in [0.2, 0.25) is 0 Å². The Morgan fingerprint density at radius 2 is 1.26 bits per heavy atom. The SMILES string of the molecule is CCCCC(NCc1ccccc1)(c1ccc(O)cc1)c1ccc(O)cc1. The fourth-order valence-corrected chi connectivity index (χ4v) is 3.53. The van der Waals surface area contributed by atoms with Crippen molar-refractivity contribution in [2.75, 3.05) is 0 Å². The van der Waals surface area contributed by atoms with E-state index < -0.39 is 5.54 Å². The number of unbranched alkanes of at least 4 members (excludes halogenated alkanes) is 1. The first-order chi connectivity index (χ1) is 13.1. The van der Waals surface area contributed by atoms with Crippen molar-refractivity contribution in [3.63, 3.8) is 0 Å². The summed E-state index contributed by atoms with van der Waals surface area (Å²) in [6.07, 6.45) is 3.07. The van der Waals surface area contributed by atoms with Crippen LogP contribution >= 0.6 is 0 Å². The molecule has 0 fully saturated rings. The quantitative estimate of drug-likeness (QED) is 0.509. The minimum absolute atomic E-state index is 0.261. The van der Waals surface area contributed by atoms with Crippen LogP contribution < -0.4 is 5.32 Å². The molecule has 0 aliphatic heterocycles. The number of hydrogen-bond donors (Lipinski definition) is 3. The highest BCUT2D eigenvalue weighted by Crippen LogP contribution is 2.36. The third-order valence-electron chi connectivity index (χ3n) is 5.06. The maximum Gasteiger partial charge on any atom is 0.115 e. The van der Waals surface area contributed by atoms with Gasteiger partial charge in [0.05, 0.1) is 5.54 Å². The summed E-state index contributed by atoms with van der Waals surface area (Å²) in [7, 11) is 0. The van der Waals surface area contributed by atoms with Crippen LogP contribution in [0.15, 0.2) is 78.9 Å². The van der Waals surface area contributed by atoms with Crippen molar-refractivity contribution in [1.82, 2.24) is 5.32 Å². The van der Waals surface area contributed by atoms with Crippen molar-refractivity contribution >= 4 is 0 Å². The van der Waals surface area contributed by atoms with Crippen LogP contribution in [0.25, 0.3) is 0 Å². The lowest BCUT2D eigenvalue weighted by Gasteiger charge is -2.37.